The first-order chi connectivity index (χ1) is 13.5. The van der Waals surface area contributed by atoms with Crippen molar-refractivity contribution in [3.8, 4) is 0 Å². The third-order valence-corrected chi connectivity index (χ3v) is 6.02. The van der Waals surface area contributed by atoms with E-state index in [9.17, 15) is 9.59 Å². The van der Waals surface area contributed by atoms with Gasteiger partial charge in [-0.2, -0.15) is 4.98 Å². The standard InChI is InChI=1S/C20H23N5O2S/c1-13(2)14-5-7-15(8-6-14)22-16(26)11-25-12-21-18-17(19(25)27)28-20(23-18)24-9-3-4-10-24/h5-8,12-13H,3-4,9-11H2,1-2H3,(H,22,26). The van der Waals surface area contributed by atoms with Gasteiger partial charge in [-0.3, -0.25) is 14.2 Å². The highest BCUT2D eigenvalue weighted by atomic mass is 32.1. The van der Waals surface area contributed by atoms with Gasteiger partial charge in [0.25, 0.3) is 5.56 Å². The number of hydrogen-bond donors (Lipinski definition) is 1. The highest BCUT2D eigenvalue weighted by Gasteiger charge is 2.19. The second kappa shape index (κ2) is 7.71. The normalized spacial score (nSPS) is 14.2. The van der Waals surface area contributed by atoms with Gasteiger partial charge in [-0.05, 0) is 36.5 Å². The summed E-state index contributed by atoms with van der Waals surface area (Å²) in [6.45, 7) is 6.10. The molecule has 146 valence electrons. The zero-order chi connectivity index (χ0) is 19.7. The number of amides is 1. The molecule has 1 aliphatic rings. The fraction of sp³-hybridized carbons (Fsp3) is 0.400. The van der Waals surface area contributed by atoms with Crippen molar-refractivity contribution >= 4 is 38.4 Å². The number of nitrogens with zero attached hydrogens (tertiary/aromatic N) is 4. The molecule has 4 rings (SSSR count). The van der Waals surface area contributed by atoms with E-state index in [-0.39, 0.29) is 18.0 Å². The Morgan fingerprint density at radius 3 is 2.61 bits per heavy atom. The number of carbonyl (C=O) groups excluding carboxylic acids is 1. The van der Waals surface area contributed by atoms with Crippen LogP contribution in [-0.4, -0.2) is 33.5 Å². The van der Waals surface area contributed by atoms with Gasteiger partial charge < -0.3 is 10.2 Å². The summed E-state index contributed by atoms with van der Waals surface area (Å²) in [5.41, 5.74) is 2.16. The fourth-order valence-corrected chi connectivity index (χ4v) is 4.32. The van der Waals surface area contributed by atoms with E-state index in [1.165, 1.54) is 27.8 Å². The molecular weight excluding hydrogens is 374 g/mol. The molecular formula is C20H23N5O2S. The molecule has 0 aliphatic carbocycles. The Balaban J connectivity index is 1.49. The molecule has 2 aromatic heterocycles. The lowest BCUT2D eigenvalue weighted by atomic mass is 10.0. The number of thiazole rings is 1. The maximum Gasteiger partial charge on any atom is 0.273 e. The summed E-state index contributed by atoms with van der Waals surface area (Å²) in [6.07, 6.45) is 3.69. The molecule has 0 spiro atoms. The maximum absolute atomic E-state index is 12.8. The minimum Gasteiger partial charge on any atom is -0.348 e. The molecule has 1 aliphatic heterocycles. The van der Waals surface area contributed by atoms with Crippen molar-refractivity contribution < 1.29 is 4.79 Å². The van der Waals surface area contributed by atoms with E-state index in [2.05, 4.69) is 34.0 Å². The van der Waals surface area contributed by atoms with Gasteiger partial charge >= 0.3 is 0 Å². The van der Waals surface area contributed by atoms with Gasteiger partial charge in [0.1, 0.15) is 17.6 Å². The molecule has 0 bridgehead atoms. The molecule has 1 aromatic carbocycles. The number of carbonyl (C=O) groups is 1. The predicted octanol–water partition coefficient (Wildman–Crippen LogP) is 3.22. The molecule has 0 saturated carbocycles. The highest BCUT2D eigenvalue weighted by molar-refractivity contribution is 7.22. The van der Waals surface area contributed by atoms with Crippen molar-refractivity contribution in [2.24, 2.45) is 0 Å². The van der Waals surface area contributed by atoms with Gasteiger partial charge in [0.15, 0.2) is 10.8 Å². The first-order valence-electron chi connectivity index (χ1n) is 9.52. The van der Waals surface area contributed by atoms with Crippen LogP contribution >= 0.6 is 11.3 Å². The van der Waals surface area contributed by atoms with Crippen molar-refractivity contribution in [3.05, 3.63) is 46.5 Å². The number of rotatable bonds is 5. The van der Waals surface area contributed by atoms with Crippen LogP contribution in [-0.2, 0) is 11.3 Å². The van der Waals surface area contributed by atoms with E-state index in [4.69, 9.17) is 0 Å². The first-order valence-corrected chi connectivity index (χ1v) is 10.3. The van der Waals surface area contributed by atoms with Crippen LogP contribution in [0.5, 0.6) is 0 Å². The van der Waals surface area contributed by atoms with E-state index < -0.39 is 0 Å². The molecule has 7 nitrogen and oxygen atoms in total. The van der Waals surface area contributed by atoms with Crippen molar-refractivity contribution in [3.63, 3.8) is 0 Å². The highest BCUT2D eigenvalue weighted by Crippen LogP contribution is 2.27. The van der Waals surface area contributed by atoms with Crippen molar-refractivity contribution in [1.29, 1.82) is 0 Å². The Labute approximate surface area is 167 Å². The third-order valence-electron chi connectivity index (χ3n) is 4.92. The second-order valence-electron chi connectivity index (χ2n) is 7.35. The van der Waals surface area contributed by atoms with Crippen LogP contribution in [0.3, 0.4) is 0 Å². The van der Waals surface area contributed by atoms with Gasteiger partial charge in [0.2, 0.25) is 5.91 Å². The van der Waals surface area contributed by atoms with Crippen molar-refractivity contribution in [1.82, 2.24) is 14.5 Å². The molecule has 1 amide bonds. The zero-order valence-corrected chi connectivity index (χ0v) is 16.8. The number of fused-ring (bicyclic) bond motifs is 1. The van der Waals surface area contributed by atoms with Gasteiger partial charge in [-0.25, -0.2) is 4.98 Å². The molecule has 1 fully saturated rings. The fourth-order valence-electron chi connectivity index (χ4n) is 3.30. The summed E-state index contributed by atoms with van der Waals surface area (Å²) >= 11 is 1.36. The SMILES string of the molecule is CC(C)c1ccc(NC(=O)Cn2cnc3nc(N4CCCC4)sc3c2=O)cc1. The van der Waals surface area contributed by atoms with E-state index in [0.29, 0.717) is 22.0 Å². The van der Waals surface area contributed by atoms with Crippen LogP contribution in [0.25, 0.3) is 10.3 Å². The van der Waals surface area contributed by atoms with Crippen molar-refractivity contribution in [2.45, 2.75) is 39.2 Å². The number of aromatic nitrogens is 3. The van der Waals surface area contributed by atoms with Crippen LogP contribution in [0.15, 0.2) is 35.4 Å². The van der Waals surface area contributed by atoms with E-state index >= 15 is 0 Å². The van der Waals surface area contributed by atoms with Crippen LogP contribution in [0.1, 0.15) is 38.2 Å². The molecule has 1 N–H and O–H groups in total. The molecule has 0 unspecified atom stereocenters. The van der Waals surface area contributed by atoms with Gasteiger partial charge in [0, 0.05) is 18.8 Å². The van der Waals surface area contributed by atoms with Crippen LogP contribution in [0.4, 0.5) is 10.8 Å². The minimum absolute atomic E-state index is 0.0787. The average Bonchev–Trinajstić information content (AvgIpc) is 3.34. The Morgan fingerprint density at radius 2 is 1.93 bits per heavy atom. The maximum atomic E-state index is 12.8. The number of anilines is 2. The van der Waals surface area contributed by atoms with Crippen LogP contribution < -0.4 is 15.8 Å². The van der Waals surface area contributed by atoms with Gasteiger partial charge in [-0.15, -0.1) is 0 Å². The van der Waals surface area contributed by atoms with Crippen LogP contribution in [0.2, 0.25) is 0 Å². The minimum atomic E-state index is -0.259. The quantitative estimate of drug-likeness (QED) is 0.715. The van der Waals surface area contributed by atoms with E-state index in [1.807, 2.05) is 24.3 Å². The second-order valence-corrected chi connectivity index (χ2v) is 8.32. The molecule has 0 atom stereocenters. The average molecular weight is 398 g/mol. The third kappa shape index (κ3) is 3.77. The monoisotopic (exact) mass is 397 g/mol. The smallest absolute Gasteiger partial charge is 0.273 e. The first kappa shape index (κ1) is 18.6. The zero-order valence-electron chi connectivity index (χ0n) is 16.0. The molecule has 28 heavy (non-hydrogen) atoms. The number of nitrogens with one attached hydrogen (secondary N) is 1. The summed E-state index contributed by atoms with van der Waals surface area (Å²) < 4.78 is 1.84. The largest absolute Gasteiger partial charge is 0.348 e. The predicted molar refractivity (Wildman–Crippen MR) is 112 cm³/mol. The lowest BCUT2D eigenvalue weighted by Crippen LogP contribution is -2.27. The molecule has 3 aromatic rings. The lowest BCUT2D eigenvalue weighted by molar-refractivity contribution is -0.116. The Kier molecular flexibility index (Phi) is 5.13. The Bertz CT molecular complexity index is 1050. The molecule has 3 heterocycles. The Hall–Kier alpha value is -2.74. The molecule has 8 heteroatoms. The lowest BCUT2D eigenvalue weighted by Gasteiger charge is -2.11. The topological polar surface area (TPSA) is 80.1 Å². The molecule has 1 saturated heterocycles. The van der Waals surface area contributed by atoms with Gasteiger partial charge in [0.05, 0.1) is 0 Å². The summed E-state index contributed by atoms with van der Waals surface area (Å²) in [7, 11) is 0. The van der Waals surface area contributed by atoms with E-state index in [1.54, 1.807) is 0 Å². The van der Waals surface area contributed by atoms with Gasteiger partial charge in [-0.1, -0.05) is 37.3 Å². The summed E-state index contributed by atoms with van der Waals surface area (Å²) in [6, 6.07) is 7.75. The summed E-state index contributed by atoms with van der Waals surface area (Å²) in [5, 5.41) is 3.67. The molecule has 0 radical (unpaired) electrons. The summed E-state index contributed by atoms with van der Waals surface area (Å²) in [4.78, 5) is 36.1. The van der Waals surface area contributed by atoms with Crippen molar-refractivity contribution in [2.75, 3.05) is 23.3 Å². The number of benzene rings is 1. The summed E-state index contributed by atoms with van der Waals surface area (Å²) in [5.74, 6) is 0.177. The van der Waals surface area contributed by atoms with E-state index in [0.717, 1.165) is 31.1 Å². The van der Waals surface area contributed by atoms with Crippen LogP contribution in [0, 0.1) is 0 Å². The Morgan fingerprint density at radius 1 is 1.21 bits per heavy atom. The number of hydrogen-bond acceptors (Lipinski definition) is 6.